The van der Waals surface area contributed by atoms with Gasteiger partial charge in [0.05, 0.1) is 18.6 Å². The quantitative estimate of drug-likeness (QED) is 0.0728. The van der Waals surface area contributed by atoms with Crippen LogP contribution in [0.15, 0.2) is 12.2 Å². The minimum atomic E-state index is -0.681. The molecule has 0 aliphatic rings. The molecule has 0 aliphatic carbocycles. The Hall–Kier alpha value is -0.670. The molecule has 0 aromatic carbocycles. The maximum Gasteiger partial charge on any atom is 0.140 e. The van der Waals surface area contributed by atoms with Crippen molar-refractivity contribution in [2.24, 2.45) is 5.92 Å². The number of carbonyl (C=O) groups excluding carboxylic acids is 1. The molecule has 0 saturated carbocycles. The zero-order valence-corrected chi connectivity index (χ0v) is 25.2. The van der Waals surface area contributed by atoms with Crippen molar-refractivity contribution >= 4 is 5.78 Å². The number of Topliss-reactive ketones (excluding diaryl/α,β-unsaturated/α-hetero) is 1. The summed E-state index contributed by atoms with van der Waals surface area (Å²) < 4.78 is 0. The van der Waals surface area contributed by atoms with Crippen LogP contribution < -0.4 is 0 Å². The van der Waals surface area contributed by atoms with Gasteiger partial charge in [-0.1, -0.05) is 148 Å². The average molecular weight is 523 g/mol. The summed E-state index contributed by atoms with van der Waals surface area (Å²) >= 11 is 0. The Morgan fingerprint density at radius 2 is 0.946 bits per heavy atom. The lowest BCUT2D eigenvalue weighted by atomic mass is 9.91. The molecule has 2 atom stereocenters. The number of unbranched alkanes of at least 4 members (excludes halogenated alkanes) is 21. The van der Waals surface area contributed by atoms with Crippen LogP contribution in [0.25, 0.3) is 0 Å². The van der Waals surface area contributed by atoms with E-state index in [1.807, 2.05) is 0 Å². The topological polar surface area (TPSA) is 57.5 Å². The van der Waals surface area contributed by atoms with Crippen molar-refractivity contribution in [1.82, 2.24) is 0 Å². The van der Waals surface area contributed by atoms with Crippen molar-refractivity contribution < 1.29 is 15.0 Å². The van der Waals surface area contributed by atoms with Gasteiger partial charge in [-0.05, 0) is 38.5 Å². The van der Waals surface area contributed by atoms with Gasteiger partial charge in [-0.15, -0.1) is 0 Å². The monoisotopic (exact) mass is 523 g/mol. The molecule has 0 radical (unpaired) electrons. The Kier molecular flexibility index (Phi) is 29.3. The fourth-order valence-electron chi connectivity index (χ4n) is 5.21. The summed E-state index contributed by atoms with van der Waals surface area (Å²) in [4.78, 5) is 12.5. The first kappa shape index (κ1) is 36.3. The third-order valence-electron chi connectivity index (χ3n) is 7.86. The number of rotatable bonds is 30. The highest BCUT2D eigenvalue weighted by atomic mass is 16.3. The van der Waals surface area contributed by atoms with E-state index in [0.717, 1.165) is 25.7 Å². The third kappa shape index (κ3) is 25.4. The molecule has 0 aliphatic heterocycles. The van der Waals surface area contributed by atoms with E-state index in [2.05, 4.69) is 26.0 Å². The van der Waals surface area contributed by atoms with Gasteiger partial charge in [-0.2, -0.15) is 0 Å². The maximum absolute atomic E-state index is 12.5. The lowest BCUT2D eigenvalue weighted by molar-refractivity contribution is -0.128. The molecule has 0 rings (SSSR count). The minimum absolute atomic E-state index is 0.0516. The summed E-state index contributed by atoms with van der Waals surface area (Å²) in [6.45, 7) is 4.31. The van der Waals surface area contributed by atoms with E-state index in [1.165, 1.54) is 128 Å². The van der Waals surface area contributed by atoms with E-state index in [-0.39, 0.29) is 12.4 Å². The summed E-state index contributed by atoms with van der Waals surface area (Å²) in [6, 6.07) is 0. The third-order valence-corrected chi connectivity index (χ3v) is 7.86. The SMILES string of the molecule is CCCCCCCC/C=C\CCCCCCCC(=O)[C@@H](CO)[C@H](O)CCCCCCCCCCCCC. The predicted octanol–water partition coefficient (Wildman–Crippen LogP) is 10.3. The average Bonchev–Trinajstić information content (AvgIpc) is 2.90. The summed E-state index contributed by atoms with van der Waals surface area (Å²) in [6.07, 6.45) is 35.4. The summed E-state index contributed by atoms with van der Waals surface area (Å²) in [7, 11) is 0. The van der Waals surface area contributed by atoms with Gasteiger partial charge in [-0.3, -0.25) is 4.79 Å². The second-order valence-corrected chi connectivity index (χ2v) is 11.5. The molecule has 0 fully saturated rings. The van der Waals surface area contributed by atoms with E-state index < -0.39 is 12.0 Å². The number of hydrogen-bond acceptors (Lipinski definition) is 3. The number of carbonyl (C=O) groups is 1. The highest BCUT2D eigenvalue weighted by Crippen LogP contribution is 2.18. The van der Waals surface area contributed by atoms with Crippen molar-refractivity contribution in [3.8, 4) is 0 Å². The smallest absolute Gasteiger partial charge is 0.140 e. The van der Waals surface area contributed by atoms with Gasteiger partial charge in [0, 0.05) is 6.42 Å². The van der Waals surface area contributed by atoms with Crippen LogP contribution in [0.3, 0.4) is 0 Å². The van der Waals surface area contributed by atoms with Crippen LogP contribution in [0, 0.1) is 5.92 Å². The van der Waals surface area contributed by atoms with Crippen molar-refractivity contribution in [2.45, 2.75) is 187 Å². The lowest BCUT2D eigenvalue weighted by Crippen LogP contribution is -2.31. The van der Waals surface area contributed by atoms with Crippen molar-refractivity contribution in [2.75, 3.05) is 6.61 Å². The van der Waals surface area contributed by atoms with Crippen LogP contribution in [0.5, 0.6) is 0 Å². The molecule has 0 saturated heterocycles. The van der Waals surface area contributed by atoms with E-state index in [9.17, 15) is 15.0 Å². The molecular formula is C34H66O3. The number of allylic oxidation sites excluding steroid dienone is 2. The van der Waals surface area contributed by atoms with Crippen LogP contribution in [-0.4, -0.2) is 28.7 Å². The number of hydrogen-bond donors (Lipinski definition) is 2. The number of aliphatic hydroxyl groups is 2. The second kappa shape index (κ2) is 29.9. The van der Waals surface area contributed by atoms with Gasteiger partial charge in [0.1, 0.15) is 5.78 Å². The molecule has 0 aromatic rings. The Morgan fingerprint density at radius 1 is 0.568 bits per heavy atom. The zero-order chi connectivity index (χ0) is 27.2. The van der Waals surface area contributed by atoms with E-state index >= 15 is 0 Å². The Morgan fingerprint density at radius 3 is 1.38 bits per heavy atom. The molecular weight excluding hydrogens is 456 g/mol. The standard InChI is InChI=1S/C34H66O3/c1-3-5-7-9-11-13-15-16-17-18-20-22-24-26-28-30-34(37)32(31-35)33(36)29-27-25-23-21-19-14-12-10-8-6-4-2/h16-17,32-33,35-36H,3-15,18-31H2,1-2H3/b17-16-/t32-,33+/m0/s1. The fourth-order valence-corrected chi connectivity index (χ4v) is 5.21. The molecule has 0 heterocycles. The molecule has 0 unspecified atom stereocenters. The first-order chi connectivity index (χ1) is 18.2. The maximum atomic E-state index is 12.5. The first-order valence-electron chi connectivity index (χ1n) is 16.6. The minimum Gasteiger partial charge on any atom is -0.396 e. The van der Waals surface area contributed by atoms with E-state index in [4.69, 9.17) is 0 Å². The fraction of sp³-hybridized carbons (Fsp3) is 0.912. The molecule has 0 bridgehead atoms. The molecule has 220 valence electrons. The van der Waals surface area contributed by atoms with Gasteiger partial charge >= 0.3 is 0 Å². The number of ketones is 1. The molecule has 0 amide bonds. The Labute approximate surface area is 232 Å². The Bertz CT molecular complexity index is 487. The molecule has 37 heavy (non-hydrogen) atoms. The second-order valence-electron chi connectivity index (χ2n) is 11.5. The molecule has 0 spiro atoms. The molecule has 2 N–H and O–H groups in total. The highest BCUT2D eigenvalue weighted by molar-refractivity contribution is 5.81. The van der Waals surface area contributed by atoms with Crippen molar-refractivity contribution in [1.29, 1.82) is 0 Å². The van der Waals surface area contributed by atoms with Crippen LogP contribution in [0.1, 0.15) is 181 Å². The highest BCUT2D eigenvalue weighted by Gasteiger charge is 2.24. The predicted molar refractivity (Wildman–Crippen MR) is 162 cm³/mol. The number of aliphatic hydroxyl groups excluding tert-OH is 2. The van der Waals surface area contributed by atoms with Crippen LogP contribution in [-0.2, 0) is 4.79 Å². The zero-order valence-electron chi connectivity index (χ0n) is 25.2. The van der Waals surface area contributed by atoms with E-state index in [0.29, 0.717) is 12.8 Å². The van der Waals surface area contributed by atoms with Gasteiger partial charge in [0.25, 0.3) is 0 Å². The molecule has 3 nitrogen and oxygen atoms in total. The van der Waals surface area contributed by atoms with Gasteiger partial charge in [-0.25, -0.2) is 0 Å². The van der Waals surface area contributed by atoms with Gasteiger partial charge in [0.15, 0.2) is 0 Å². The Balaban J connectivity index is 3.61. The van der Waals surface area contributed by atoms with Crippen molar-refractivity contribution in [3.05, 3.63) is 12.2 Å². The first-order valence-corrected chi connectivity index (χ1v) is 16.6. The normalized spacial score (nSPS) is 13.4. The van der Waals surface area contributed by atoms with Crippen LogP contribution in [0.4, 0.5) is 0 Å². The summed E-state index contributed by atoms with van der Waals surface area (Å²) in [5.74, 6) is -0.532. The van der Waals surface area contributed by atoms with Gasteiger partial charge < -0.3 is 10.2 Å². The molecule has 0 aromatic heterocycles. The van der Waals surface area contributed by atoms with Gasteiger partial charge in [0.2, 0.25) is 0 Å². The lowest BCUT2D eigenvalue weighted by Gasteiger charge is -2.19. The summed E-state index contributed by atoms with van der Waals surface area (Å²) in [5.41, 5.74) is 0. The summed E-state index contributed by atoms with van der Waals surface area (Å²) in [5, 5.41) is 20.1. The van der Waals surface area contributed by atoms with Crippen LogP contribution in [0.2, 0.25) is 0 Å². The van der Waals surface area contributed by atoms with Crippen molar-refractivity contribution in [3.63, 3.8) is 0 Å². The molecule has 3 heteroatoms. The van der Waals surface area contributed by atoms with E-state index in [1.54, 1.807) is 0 Å². The largest absolute Gasteiger partial charge is 0.396 e. The van der Waals surface area contributed by atoms with Crippen LogP contribution >= 0.6 is 0 Å².